The number of aliphatic carboxylic acids is 1. The summed E-state index contributed by atoms with van der Waals surface area (Å²) in [6, 6.07) is 0. The van der Waals surface area contributed by atoms with Gasteiger partial charge in [-0.3, -0.25) is 9.59 Å². The van der Waals surface area contributed by atoms with Gasteiger partial charge in [-0.05, 0) is 32.1 Å². The SMILES string of the molecule is O=C(O)[C@@H]1[C@H](C(=O)NCCC2=CCCCC2)[C@@H]2C=C[C@@H]1O2. The number of fused-ring (bicyclic) bond motifs is 2. The monoisotopic (exact) mass is 291 g/mol. The van der Waals surface area contributed by atoms with Crippen molar-refractivity contribution < 1.29 is 19.4 Å². The van der Waals surface area contributed by atoms with Crippen molar-refractivity contribution in [1.82, 2.24) is 5.32 Å². The van der Waals surface area contributed by atoms with E-state index >= 15 is 0 Å². The first-order valence-electron chi connectivity index (χ1n) is 7.69. The van der Waals surface area contributed by atoms with Crippen LogP contribution in [0.15, 0.2) is 23.8 Å². The van der Waals surface area contributed by atoms with Gasteiger partial charge in [0, 0.05) is 6.54 Å². The average molecular weight is 291 g/mol. The van der Waals surface area contributed by atoms with Crippen molar-refractivity contribution in [1.29, 1.82) is 0 Å². The fourth-order valence-corrected chi connectivity index (χ4v) is 3.51. The van der Waals surface area contributed by atoms with Crippen molar-refractivity contribution in [3.8, 4) is 0 Å². The minimum absolute atomic E-state index is 0.198. The van der Waals surface area contributed by atoms with E-state index in [-0.39, 0.29) is 12.0 Å². The van der Waals surface area contributed by atoms with Gasteiger partial charge in [-0.25, -0.2) is 0 Å². The lowest BCUT2D eigenvalue weighted by Gasteiger charge is -2.21. The zero-order chi connectivity index (χ0) is 14.8. The first-order valence-corrected chi connectivity index (χ1v) is 7.69. The largest absolute Gasteiger partial charge is 0.481 e. The Morgan fingerprint density at radius 1 is 1.24 bits per heavy atom. The van der Waals surface area contributed by atoms with Crippen LogP contribution in [0.2, 0.25) is 0 Å². The van der Waals surface area contributed by atoms with Crippen LogP contribution in [0.4, 0.5) is 0 Å². The molecule has 0 aromatic carbocycles. The number of nitrogens with one attached hydrogen (secondary N) is 1. The normalized spacial score (nSPS) is 33.8. The lowest BCUT2D eigenvalue weighted by molar-refractivity contribution is -0.146. The van der Waals surface area contributed by atoms with Crippen LogP contribution in [0, 0.1) is 11.8 Å². The summed E-state index contributed by atoms with van der Waals surface area (Å²) in [4.78, 5) is 23.6. The van der Waals surface area contributed by atoms with Crippen LogP contribution >= 0.6 is 0 Å². The molecule has 1 fully saturated rings. The predicted octanol–water partition coefficient (Wildman–Crippen LogP) is 1.65. The molecule has 2 N–H and O–H groups in total. The Bertz CT molecular complexity index is 497. The Labute approximate surface area is 124 Å². The second kappa shape index (κ2) is 6.02. The molecule has 3 aliphatic rings. The summed E-state index contributed by atoms with van der Waals surface area (Å²) in [6.45, 7) is 0.578. The molecule has 4 atom stereocenters. The molecule has 5 nitrogen and oxygen atoms in total. The van der Waals surface area contributed by atoms with E-state index in [1.807, 2.05) is 0 Å². The molecule has 114 valence electrons. The molecular weight excluding hydrogens is 270 g/mol. The smallest absolute Gasteiger partial charge is 0.310 e. The fourth-order valence-electron chi connectivity index (χ4n) is 3.51. The highest BCUT2D eigenvalue weighted by Crippen LogP contribution is 2.39. The summed E-state index contributed by atoms with van der Waals surface area (Å²) >= 11 is 0. The number of carbonyl (C=O) groups is 2. The molecule has 3 rings (SSSR count). The van der Waals surface area contributed by atoms with Crippen LogP contribution in [0.5, 0.6) is 0 Å². The highest BCUT2D eigenvalue weighted by molar-refractivity contribution is 5.87. The number of carboxylic acid groups (broad SMARTS) is 1. The minimum Gasteiger partial charge on any atom is -0.481 e. The molecule has 0 aromatic rings. The summed E-state index contributed by atoms with van der Waals surface area (Å²) in [6.07, 6.45) is 10.6. The summed E-state index contributed by atoms with van der Waals surface area (Å²) in [5, 5.41) is 12.2. The highest BCUT2D eigenvalue weighted by Gasteiger charge is 2.53. The molecule has 0 spiro atoms. The third kappa shape index (κ3) is 2.88. The van der Waals surface area contributed by atoms with Crippen LogP contribution in [-0.2, 0) is 14.3 Å². The van der Waals surface area contributed by atoms with Crippen molar-refractivity contribution in [2.75, 3.05) is 6.54 Å². The van der Waals surface area contributed by atoms with Gasteiger partial charge in [-0.15, -0.1) is 0 Å². The molecule has 0 saturated carbocycles. The van der Waals surface area contributed by atoms with E-state index < -0.39 is 23.9 Å². The number of carbonyl (C=O) groups excluding carboxylic acids is 1. The molecule has 21 heavy (non-hydrogen) atoms. The average Bonchev–Trinajstić information content (AvgIpc) is 3.08. The number of allylic oxidation sites excluding steroid dienone is 1. The van der Waals surface area contributed by atoms with Crippen LogP contribution in [0.3, 0.4) is 0 Å². The second-order valence-electron chi connectivity index (χ2n) is 5.99. The Kier molecular flexibility index (Phi) is 4.10. The zero-order valence-corrected chi connectivity index (χ0v) is 12.0. The third-order valence-electron chi connectivity index (χ3n) is 4.62. The maximum Gasteiger partial charge on any atom is 0.310 e. The molecule has 1 saturated heterocycles. The summed E-state index contributed by atoms with van der Waals surface area (Å²) < 4.78 is 5.51. The maximum absolute atomic E-state index is 12.3. The number of ether oxygens (including phenoxy) is 1. The van der Waals surface area contributed by atoms with E-state index in [4.69, 9.17) is 4.74 Å². The second-order valence-corrected chi connectivity index (χ2v) is 5.99. The molecule has 0 aromatic heterocycles. The number of hydrogen-bond donors (Lipinski definition) is 2. The number of hydrogen-bond acceptors (Lipinski definition) is 3. The third-order valence-corrected chi connectivity index (χ3v) is 4.62. The lowest BCUT2D eigenvalue weighted by atomic mass is 9.82. The van der Waals surface area contributed by atoms with Crippen LogP contribution in [-0.4, -0.2) is 35.7 Å². The van der Waals surface area contributed by atoms with E-state index in [9.17, 15) is 14.7 Å². The Hall–Kier alpha value is -1.62. The van der Waals surface area contributed by atoms with Gasteiger partial charge in [0.05, 0.1) is 18.1 Å². The van der Waals surface area contributed by atoms with Crippen LogP contribution in [0.25, 0.3) is 0 Å². The summed E-state index contributed by atoms with van der Waals surface area (Å²) in [7, 11) is 0. The molecule has 5 heteroatoms. The van der Waals surface area contributed by atoms with Crippen molar-refractivity contribution in [3.63, 3.8) is 0 Å². The maximum atomic E-state index is 12.3. The van der Waals surface area contributed by atoms with E-state index in [0.717, 1.165) is 19.3 Å². The van der Waals surface area contributed by atoms with Crippen molar-refractivity contribution in [2.24, 2.45) is 11.8 Å². The number of carboxylic acids is 1. The lowest BCUT2D eigenvalue weighted by Crippen LogP contribution is -2.42. The Morgan fingerprint density at radius 2 is 2.00 bits per heavy atom. The zero-order valence-electron chi connectivity index (χ0n) is 12.0. The summed E-state index contributed by atoms with van der Waals surface area (Å²) in [5.41, 5.74) is 1.40. The first kappa shape index (κ1) is 14.3. The van der Waals surface area contributed by atoms with Crippen LogP contribution < -0.4 is 5.32 Å². The standard InChI is InChI=1S/C16H21NO4/c18-15(17-9-8-10-4-2-1-3-5-10)13-11-6-7-12(21-11)14(13)16(19)20/h4,6-7,11-14H,1-3,5,8-9H2,(H,17,18)(H,19,20)/t11-,12-,13+,14-/m0/s1. The van der Waals surface area contributed by atoms with Gasteiger partial charge >= 0.3 is 5.97 Å². The molecule has 2 aliphatic heterocycles. The number of rotatable bonds is 5. The summed E-state index contributed by atoms with van der Waals surface area (Å²) in [5.74, 6) is -2.51. The number of amides is 1. The molecule has 0 unspecified atom stereocenters. The molecular formula is C16H21NO4. The molecule has 2 heterocycles. The molecule has 1 amide bonds. The predicted molar refractivity (Wildman–Crippen MR) is 76.6 cm³/mol. The van der Waals surface area contributed by atoms with E-state index in [1.165, 1.54) is 18.4 Å². The topological polar surface area (TPSA) is 75.6 Å². The van der Waals surface area contributed by atoms with Gasteiger partial charge in [0.25, 0.3) is 0 Å². The van der Waals surface area contributed by atoms with Crippen molar-refractivity contribution in [2.45, 2.75) is 44.3 Å². The molecule has 2 bridgehead atoms. The van der Waals surface area contributed by atoms with Gasteiger partial charge in [0.2, 0.25) is 5.91 Å². The van der Waals surface area contributed by atoms with Gasteiger partial charge in [-0.1, -0.05) is 23.8 Å². The van der Waals surface area contributed by atoms with E-state index in [2.05, 4.69) is 11.4 Å². The first-order chi connectivity index (χ1) is 10.2. The van der Waals surface area contributed by atoms with Gasteiger partial charge < -0.3 is 15.2 Å². The van der Waals surface area contributed by atoms with Gasteiger partial charge in [-0.2, -0.15) is 0 Å². The highest BCUT2D eigenvalue weighted by atomic mass is 16.5. The fraction of sp³-hybridized carbons (Fsp3) is 0.625. The van der Waals surface area contributed by atoms with Crippen molar-refractivity contribution >= 4 is 11.9 Å². The van der Waals surface area contributed by atoms with Gasteiger partial charge in [0.15, 0.2) is 0 Å². The molecule has 0 radical (unpaired) electrons. The Balaban J connectivity index is 1.54. The quantitative estimate of drug-likeness (QED) is 0.755. The van der Waals surface area contributed by atoms with Crippen LogP contribution in [0.1, 0.15) is 32.1 Å². The van der Waals surface area contributed by atoms with E-state index in [1.54, 1.807) is 12.2 Å². The van der Waals surface area contributed by atoms with Crippen molar-refractivity contribution in [3.05, 3.63) is 23.8 Å². The van der Waals surface area contributed by atoms with Gasteiger partial charge in [0.1, 0.15) is 5.92 Å². The van der Waals surface area contributed by atoms with E-state index in [0.29, 0.717) is 6.54 Å². The minimum atomic E-state index is -0.956. The Morgan fingerprint density at radius 3 is 2.67 bits per heavy atom. The molecule has 1 aliphatic carbocycles.